The van der Waals surface area contributed by atoms with Crippen molar-refractivity contribution in [3.63, 3.8) is 0 Å². The molecule has 1 aliphatic rings. The molecule has 6 heteroatoms. The molecule has 0 bridgehead atoms. The van der Waals surface area contributed by atoms with Gasteiger partial charge in [-0.1, -0.05) is 6.08 Å². The third-order valence-corrected chi connectivity index (χ3v) is 4.35. The van der Waals surface area contributed by atoms with E-state index in [0.29, 0.717) is 24.4 Å². The molecule has 0 spiro atoms. The molecule has 3 heterocycles. The number of ether oxygens (including phenoxy) is 1. The van der Waals surface area contributed by atoms with E-state index in [1.807, 2.05) is 6.92 Å². The van der Waals surface area contributed by atoms with Gasteiger partial charge in [0, 0.05) is 23.2 Å². The summed E-state index contributed by atoms with van der Waals surface area (Å²) in [6.07, 6.45) is 4.21. The predicted octanol–water partition coefficient (Wildman–Crippen LogP) is 2.64. The van der Waals surface area contributed by atoms with Crippen molar-refractivity contribution >= 4 is 11.5 Å². The second kappa shape index (κ2) is 5.91. The molecule has 1 aliphatic heterocycles. The molecule has 1 atom stereocenters. The standard InChI is InChI=1S/C18H23N5O/c1-6-7-24-11-14-8-15-12(2)21-16-13(9-19)10-20-23(16)17(15)22(14)18(3,4)5/h6,10,14H,1,7-8,11H2,2-5H3. The minimum absolute atomic E-state index is 0.104. The fourth-order valence-electron chi connectivity index (χ4n) is 3.47. The zero-order valence-electron chi connectivity index (χ0n) is 14.7. The van der Waals surface area contributed by atoms with E-state index in [4.69, 9.17) is 4.74 Å². The zero-order valence-corrected chi connectivity index (χ0v) is 14.7. The maximum atomic E-state index is 9.30. The van der Waals surface area contributed by atoms with Crippen LogP contribution in [0.4, 0.5) is 5.82 Å². The van der Waals surface area contributed by atoms with Crippen LogP contribution in [0.3, 0.4) is 0 Å². The van der Waals surface area contributed by atoms with Gasteiger partial charge in [0.1, 0.15) is 17.5 Å². The first-order valence-electron chi connectivity index (χ1n) is 8.13. The molecule has 0 aromatic carbocycles. The monoisotopic (exact) mass is 325 g/mol. The molecule has 2 aromatic rings. The Bertz CT molecular complexity index is 825. The molecular formula is C18H23N5O. The number of nitriles is 1. The Hall–Kier alpha value is -2.39. The second-order valence-corrected chi connectivity index (χ2v) is 7.13. The Kier molecular flexibility index (Phi) is 4.06. The average Bonchev–Trinajstić information content (AvgIpc) is 3.08. The van der Waals surface area contributed by atoms with Crippen LogP contribution >= 0.6 is 0 Å². The van der Waals surface area contributed by atoms with E-state index >= 15 is 0 Å². The molecule has 0 radical (unpaired) electrons. The van der Waals surface area contributed by atoms with E-state index in [0.717, 1.165) is 17.9 Å². The fourth-order valence-corrected chi connectivity index (χ4v) is 3.47. The van der Waals surface area contributed by atoms with Crippen molar-refractivity contribution < 1.29 is 4.74 Å². The van der Waals surface area contributed by atoms with Gasteiger partial charge in [-0.3, -0.25) is 0 Å². The molecular weight excluding hydrogens is 302 g/mol. The van der Waals surface area contributed by atoms with Crippen molar-refractivity contribution in [3.8, 4) is 6.07 Å². The van der Waals surface area contributed by atoms with Gasteiger partial charge in [-0.2, -0.15) is 14.9 Å². The molecule has 2 aromatic heterocycles. The summed E-state index contributed by atoms with van der Waals surface area (Å²) in [6, 6.07) is 2.38. The quantitative estimate of drug-likeness (QED) is 0.638. The molecule has 3 rings (SSSR count). The summed E-state index contributed by atoms with van der Waals surface area (Å²) >= 11 is 0. The smallest absolute Gasteiger partial charge is 0.175 e. The van der Waals surface area contributed by atoms with Gasteiger partial charge in [-0.05, 0) is 27.7 Å². The van der Waals surface area contributed by atoms with Gasteiger partial charge in [0.15, 0.2) is 5.65 Å². The first-order valence-corrected chi connectivity index (χ1v) is 8.13. The van der Waals surface area contributed by atoms with Crippen LogP contribution in [0.1, 0.15) is 37.6 Å². The van der Waals surface area contributed by atoms with Crippen LogP contribution in [0.5, 0.6) is 0 Å². The van der Waals surface area contributed by atoms with Gasteiger partial charge in [0.2, 0.25) is 0 Å². The number of hydrogen-bond acceptors (Lipinski definition) is 5. The molecule has 0 N–H and O–H groups in total. The number of aromatic nitrogens is 3. The van der Waals surface area contributed by atoms with Crippen LogP contribution in [0, 0.1) is 18.3 Å². The van der Waals surface area contributed by atoms with Crippen LogP contribution in [0.25, 0.3) is 5.65 Å². The summed E-state index contributed by atoms with van der Waals surface area (Å²) in [5.74, 6) is 1.03. The summed E-state index contributed by atoms with van der Waals surface area (Å²) in [7, 11) is 0. The van der Waals surface area contributed by atoms with E-state index < -0.39 is 0 Å². The molecule has 0 saturated heterocycles. The van der Waals surface area contributed by atoms with E-state index in [-0.39, 0.29) is 11.6 Å². The van der Waals surface area contributed by atoms with Crippen LogP contribution in [0.2, 0.25) is 0 Å². The maximum absolute atomic E-state index is 9.30. The Labute approximate surface area is 142 Å². The number of rotatable bonds is 4. The molecule has 0 fully saturated rings. The normalized spacial score (nSPS) is 17.1. The van der Waals surface area contributed by atoms with Crippen LogP contribution < -0.4 is 4.90 Å². The lowest BCUT2D eigenvalue weighted by Crippen LogP contribution is -2.49. The van der Waals surface area contributed by atoms with E-state index in [1.165, 1.54) is 5.56 Å². The number of anilines is 1. The van der Waals surface area contributed by atoms with Crippen molar-refractivity contribution in [1.29, 1.82) is 5.26 Å². The summed E-state index contributed by atoms with van der Waals surface area (Å²) in [4.78, 5) is 6.97. The molecule has 126 valence electrons. The van der Waals surface area contributed by atoms with Crippen LogP contribution in [-0.4, -0.2) is 39.4 Å². The Balaban J connectivity index is 2.15. The molecule has 0 aliphatic carbocycles. The highest BCUT2D eigenvalue weighted by atomic mass is 16.5. The predicted molar refractivity (Wildman–Crippen MR) is 93.2 cm³/mol. The number of hydrogen-bond donors (Lipinski definition) is 0. The summed E-state index contributed by atoms with van der Waals surface area (Å²) in [5.41, 5.74) is 3.15. The largest absolute Gasteiger partial charge is 0.375 e. The van der Waals surface area contributed by atoms with Gasteiger partial charge < -0.3 is 9.64 Å². The first-order chi connectivity index (χ1) is 11.4. The minimum atomic E-state index is -0.104. The SMILES string of the molecule is C=CCOCC1Cc2c(C)nc3c(C#N)cnn3c2N1C(C)(C)C. The van der Waals surface area contributed by atoms with E-state index in [9.17, 15) is 5.26 Å². The third-order valence-electron chi connectivity index (χ3n) is 4.35. The molecule has 0 saturated carbocycles. The molecule has 0 amide bonds. The summed E-state index contributed by atoms with van der Waals surface area (Å²) in [6.45, 7) is 13.4. The topological polar surface area (TPSA) is 66.4 Å². The lowest BCUT2D eigenvalue weighted by molar-refractivity contribution is 0.140. The third kappa shape index (κ3) is 2.55. The Morgan fingerprint density at radius 1 is 1.50 bits per heavy atom. The number of aryl methyl sites for hydroxylation is 1. The van der Waals surface area contributed by atoms with Gasteiger partial charge in [-0.25, -0.2) is 4.98 Å². The van der Waals surface area contributed by atoms with Gasteiger partial charge in [0.05, 0.1) is 25.5 Å². The summed E-state index contributed by atoms with van der Waals surface area (Å²) < 4.78 is 7.54. The number of nitrogens with zero attached hydrogens (tertiary/aromatic N) is 5. The van der Waals surface area contributed by atoms with Crippen molar-refractivity contribution in [2.24, 2.45) is 0 Å². The van der Waals surface area contributed by atoms with Gasteiger partial charge in [0.25, 0.3) is 0 Å². The van der Waals surface area contributed by atoms with Crippen molar-refractivity contribution in [3.05, 3.63) is 35.7 Å². The summed E-state index contributed by atoms with van der Waals surface area (Å²) in [5, 5.41) is 13.7. The van der Waals surface area contributed by atoms with Crippen LogP contribution in [-0.2, 0) is 11.2 Å². The van der Waals surface area contributed by atoms with E-state index in [2.05, 4.69) is 48.4 Å². The number of fused-ring (bicyclic) bond motifs is 3. The highest BCUT2D eigenvalue weighted by Gasteiger charge is 2.40. The highest BCUT2D eigenvalue weighted by molar-refractivity contribution is 5.66. The van der Waals surface area contributed by atoms with Crippen molar-refractivity contribution in [2.75, 3.05) is 18.1 Å². The molecule has 24 heavy (non-hydrogen) atoms. The van der Waals surface area contributed by atoms with Crippen molar-refractivity contribution in [1.82, 2.24) is 14.6 Å². The van der Waals surface area contributed by atoms with Gasteiger partial charge >= 0.3 is 0 Å². The second-order valence-electron chi connectivity index (χ2n) is 7.13. The van der Waals surface area contributed by atoms with Crippen molar-refractivity contribution in [2.45, 2.75) is 45.7 Å². The minimum Gasteiger partial charge on any atom is -0.375 e. The van der Waals surface area contributed by atoms with Crippen LogP contribution in [0.15, 0.2) is 18.9 Å². The maximum Gasteiger partial charge on any atom is 0.175 e. The fraction of sp³-hybridized carbons (Fsp3) is 0.500. The molecule has 1 unspecified atom stereocenters. The molecule has 6 nitrogen and oxygen atoms in total. The van der Waals surface area contributed by atoms with E-state index in [1.54, 1.807) is 16.8 Å². The Morgan fingerprint density at radius 2 is 2.25 bits per heavy atom. The van der Waals surface area contributed by atoms with Gasteiger partial charge in [-0.15, -0.1) is 6.58 Å². The highest BCUT2D eigenvalue weighted by Crippen LogP contribution is 2.39. The first kappa shape index (κ1) is 16.5. The Morgan fingerprint density at radius 3 is 2.88 bits per heavy atom. The average molecular weight is 325 g/mol. The zero-order chi connectivity index (χ0) is 17.5. The lowest BCUT2D eigenvalue weighted by atomic mass is 10.0. The lowest BCUT2D eigenvalue weighted by Gasteiger charge is -2.39.